The Balaban J connectivity index is 1.52. The highest BCUT2D eigenvalue weighted by atomic mass is 16.6. The van der Waals surface area contributed by atoms with Crippen molar-refractivity contribution >= 4 is 5.97 Å². The summed E-state index contributed by atoms with van der Waals surface area (Å²) < 4.78 is 23.9. The Labute approximate surface area is 200 Å². The molecule has 0 amide bonds. The molecule has 178 valence electrons. The zero-order valence-corrected chi connectivity index (χ0v) is 19.2. The summed E-state index contributed by atoms with van der Waals surface area (Å²) in [4.78, 5) is 12.7. The van der Waals surface area contributed by atoms with E-state index in [-0.39, 0.29) is 6.61 Å². The molecule has 1 saturated carbocycles. The number of esters is 1. The van der Waals surface area contributed by atoms with Crippen molar-refractivity contribution in [1.82, 2.24) is 0 Å². The van der Waals surface area contributed by atoms with Crippen molar-refractivity contribution in [2.45, 2.75) is 50.2 Å². The van der Waals surface area contributed by atoms with Gasteiger partial charge in [-0.2, -0.15) is 0 Å². The lowest BCUT2D eigenvalue weighted by atomic mass is 9.86. The highest BCUT2D eigenvalue weighted by Crippen LogP contribution is 2.31. The van der Waals surface area contributed by atoms with Crippen LogP contribution in [0.1, 0.15) is 27.9 Å². The molecular formula is C28H30O6. The predicted octanol–water partition coefficient (Wildman–Crippen LogP) is 4.16. The molecule has 4 rings (SSSR count). The zero-order chi connectivity index (χ0) is 23.8. The maximum atomic E-state index is 12.7. The largest absolute Gasteiger partial charge is 0.456 e. The van der Waals surface area contributed by atoms with E-state index in [1.165, 1.54) is 0 Å². The molecule has 1 aliphatic rings. The molecule has 5 atom stereocenters. The minimum Gasteiger partial charge on any atom is -0.456 e. The first-order valence-electron chi connectivity index (χ1n) is 11.4. The van der Waals surface area contributed by atoms with E-state index in [4.69, 9.17) is 18.9 Å². The third-order valence-corrected chi connectivity index (χ3v) is 6.01. The van der Waals surface area contributed by atoms with Crippen molar-refractivity contribution < 1.29 is 28.8 Å². The first-order valence-corrected chi connectivity index (χ1v) is 11.4. The van der Waals surface area contributed by atoms with Crippen LogP contribution in [-0.4, -0.2) is 48.7 Å². The molecule has 0 saturated heterocycles. The predicted molar refractivity (Wildman–Crippen MR) is 127 cm³/mol. The molecular weight excluding hydrogens is 432 g/mol. The Hall–Kier alpha value is -3.03. The number of rotatable bonds is 9. The monoisotopic (exact) mass is 462 g/mol. The summed E-state index contributed by atoms with van der Waals surface area (Å²) in [7, 11) is 1.59. The van der Waals surface area contributed by atoms with Crippen LogP contribution in [0.3, 0.4) is 0 Å². The normalized spacial score (nSPS) is 24.5. The lowest BCUT2D eigenvalue weighted by molar-refractivity contribution is -0.221. The quantitative estimate of drug-likeness (QED) is 0.482. The van der Waals surface area contributed by atoms with Gasteiger partial charge in [0.1, 0.15) is 24.4 Å². The fraction of sp³-hybridized carbons (Fsp3) is 0.321. The molecule has 0 radical (unpaired) electrons. The summed E-state index contributed by atoms with van der Waals surface area (Å²) in [5.74, 6) is -0.495. The fourth-order valence-corrected chi connectivity index (χ4v) is 4.18. The van der Waals surface area contributed by atoms with E-state index in [1.807, 2.05) is 66.7 Å². The minimum atomic E-state index is -1.08. The van der Waals surface area contributed by atoms with E-state index >= 15 is 0 Å². The Morgan fingerprint density at radius 3 is 1.79 bits per heavy atom. The average Bonchev–Trinajstić information content (AvgIpc) is 2.89. The third kappa shape index (κ3) is 6.10. The van der Waals surface area contributed by atoms with Crippen LogP contribution in [-0.2, 0) is 32.2 Å². The number of aliphatic hydroxyl groups is 1. The van der Waals surface area contributed by atoms with Crippen molar-refractivity contribution in [2.24, 2.45) is 0 Å². The van der Waals surface area contributed by atoms with Crippen LogP contribution in [0.5, 0.6) is 0 Å². The van der Waals surface area contributed by atoms with Crippen LogP contribution in [0, 0.1) is 0 Å². The van der Waals surface area contributed by atoms with Gasteiger partial charge >= 0.3 is 5.97 Å². The summed E-state index contributed by atoms with van der Waals surface area (Å²) in [6, 6.07) is 28.2. The number of aliphatic hydroxyl groups excluding tert-OH is 1. The Morgan fingerprint density at radius 2 is 1.26 bits per heavy atom. The fourth-order valence-electron chi connectivity index (χ4n) is 4.18. The second kappa shape index (κ2) is 11.9. The number of hydrogen-bond donors (Lipinski definition) is 1. The van der Waals surface area contributed by atoms with Crippen molar-refractivity contribution in [3.8, 4) is 0 Å². The molecule has 0 unspecified atom stereocenters. The van der Waals surface area contributed by atoms with Crippen molar-refractivity contribution in [3.63, 3.8) is 0 Å². The summed E-state index contributed by atoms with van der Waals surface area (Å²) in [6.07, 6.45) is -3.31. The van der Waals surface area contributed by atoms with Crippen LogP contribution in [0.25, 0.3) is 0 Å². The van der Waals surface area contributed by atoms with Gasteiger partial charge in [0.2, 0.25) is 0 Å². The van der Waals surface area contributed by atoms with E-state index in [9.17, 15) is 9.90 Å². The molecule has 0 bridgehead atoms. The van der Waals surface area contributed by atoms with Crippen LogP contribution in [0.15, 0.2) is 91.0 Å². The molecule has 3 aromatic carbocycles. The van der Waals surface area contributed by atoms with Gasteiger partial charge in [-0.25, -0.2) is 4.79 Å². The van der Waals surface area contributed by atoms with E-state index in [0.29, 0.717) is 18.6 Å². The van der Waals surface area contributed by atoms with E-state index < -0.39 is 36.5 Å². The van der Waals surface area contributed by atoms with Gasteiger partial charge in [-0.15, -0.1) is 0 Å². The molecule has 1 fully saturated rings. The molecule has 1 N–H and O–H groups in total. The van der Waals surface area contributed by atoms with Crippen molar-refractivity contribution in [3.05, 3.63) is 108 Å². The van der Waals surface area contributed by atoms with E-state index in [0.717, 1.165) is 11.1 Å². The smallest absolute Gasteiger partial charge is 0.338 e. The lowest BCUT2D eigenvalue weighted by Gasteiger charge is -2.43. The lowest BCUT2D eigenvalue weighted by Crippen LogP contribution is -2.59. The van der Waals surface area contributed by atoms with Crippen molar-refractivity contribution in [1.29, 1.82) is 0 Å². The highest BCUT2D eigenvalue weighted by Gasteiger charge is 2.48. The number of carbonyl (C=O) groups is 1. The first kappa shape index (κ1) is 24.1. The topological polar surface area (TPSA) is 74.2 Å². The summed E-state index contributed by atoms with van der Waals surface area (Å²) in [5.41, 5.74) is 2.40. The van der Waals surface area contributed by atoms with Gasteiger partial charge in [-0.3, -0.25) is 0 Å². The number of ether oxygens (including phenoxy) is 4. The van der Waals surface area contributed by atoms with Crippen LogP contribution < -0.4 is 0 Å². The molecule has 0 spiro atoms. The molecule has 0 aliphatic heterocycles. The summed E-state index contributed by atoms with van der Waals surface area (Å²) in [6.45, 7) is 0.626. The number of hydrogen-bond acceptors (Lipinski definition) is 6. The standard InChI is InChI=1S/C28H30O6/c1-31-24-17-23(34-28(30)22-15-9-4-10-16-22)25(29)27(33-19-21-13-7-3-8-14-21)26(24)32-18-20-11-5-2-6-12-20/h2-16,23-27,29H,17-19H2,1H3/t23-,24+,25-,26+,27+/m1/s1. The maximum Gasteiger partial charge on any atom is 0.338 e. The van der Waals surface area contributed by atoms with Gasteiger partial charge < -0.3 is 24.1 Å². The molecule has 0 aromatic heterocycles. The van der Waals surface area contributed by atoms with Gasteiger partial charge in [0.05, 0.1) is 24.9 Å². The highest BCUT2D eigenvalue weighted by molar-refractivity contribution is 5.89. The first-order chi connectivity index (χ1) is 16.7. The second-order valence-electron chi connectivity index (χ2n) is 8.33. The van der Waals surface area contributed by atoms with Crippen LogP contribution >= 0.6 is 0 Å². The summed E-state index contributed by atoms with van der Waals surface area (Å²) in [5, 5.41) is 11.2. The van der Waals surface area contributed by atoms with Gasteiger partial charge in [-0.05, 0) is 23.3 Å². The average molecular weight is 463 g/mol. The molecule has 3 aromatic rings. The molecule has 6 heteroatoms. The number of benzene rings is 3. The second-order valence-corrected chi connectivity index (χ2v) is 8.33. The van der Waals surface area contributed by atoms with Gasteiger partial charge in [-0.1, -0.05) is 78.9 Å². The zero-order valence-electron chi connectivity index (χ0n) is 19.2. The van der Waals surface area contributed by atoms with Crippen LogP contribution in [0.4, 0.5) is 0 Å². The SMILES string of the molecule is CO[C@H]1C[C@@H](OC(=O)c2ccccc2)[C@@H](O)[C@H](OCc2ccccc2)[C@H]1OCc1ccccc1. The molecule has 1 aliphatic carbocycles. The molecule has 6 nitrogen and oxygen atoms in total. The minimum absolute atomic E-state index is 0.281. The van der Waals surface area contributed by atoms with Gasteiger partial charge in [0, 0.05) is 13.5 Å². The Bertz CT molecular complexity index is 1010. The maximum absolute atomic E-state index is 12.7. The molecule has 34 heavy (non-hydrogen) atoms. The van der Waals surface area contributed by atoms with E-state index in [2.05, 4.69) is 0 Å². The van der Waals surface area contributed by atoms with E-state index in [1.54, 1.807) is 31.4 Å². The summed E-state index contributed by atoms with van der Waals surface area (Å²) >= 11 is 0. The van der Waals surface area contributed by atoms with Gasteiger partial charge in [0.25, 0.3) is 0 Å². The number of carbonyl (C=O) groups excluding carboxylic acids is 1. The van der Waals surface area contributed by atoms with Crippen LogP contribution in [0.2, 0.25) is 0 Å². The van der Waals surface area contributed by atoms with Crippen molar-refractivity contribution in [2.75, 3.05) is 7.11 Å². The Kier molecular flexibility index (Phi) is 8.44. The Morgan fingerprint density at radius 1 is 0.765 bits per heavy atom. The third-order valence-electron chi connectivity index (χ3n) is 6.01. The number of methoxy groups -OCH3 is 1. The van der Waals surface area contributed by atoms with Gasteiger partial charge in [0.15, 0.2) is 0 Å². The molecule has 0 heterocycles.